The number of para-hydroxylation sites is 1. The third-order valence-corrected chi connectivity index (χ3v) is 3.91. The van der Waals surface area contributed by atoms with Crippen molar-refractivity contribution < 1.29 is 13.5 Å². The van der Waals surface area contributed by atoms with Crippen molar-refractivity contribution in [3.63, 3.8) is 0 Å². The lowest BCUT2D eigenvalue weighted by Gasteiger charge is -2.35. The summed E-state index contributed by atoms with van der Waals surface area (Å²) in [6, 6.07) is 6.96. The molecule has 0 amide bonds. The van der Waals surface area contributed by atoms with Gasteiger partial charge in [0, 0.05) is 24.2 Å². The first-order chi connectivity index (χ1) is 9.58. The van der Waals surface area contributed by atoms with Crippen molar-refractivity contribution in [2.45, 2.75) is 44.9 Å². The summed E-state index contributed by atoms with van der Waals surface area (Å²) in [7, 11) is 0. The summed E-state index contributed by atoms with van der Waals surface area (Å²) in [6.07, 6.45) is 3.59. The number of halogens is 2. The molecule has 0 aliphatic carbocycles. The first-order valence-electron chi connectivity index (χ1n) is 7.11. The molecule has 5 heteroatoms. The normalized spacial score (nSPS) is 21.9. The molecule has 2 N–H and O–H groups in total. The predicted molar refractivity (Wildman–Crippen MR) is 74.9 cm³/mol. The van der Waals surface area contributed by atoms with Crippen LogP contribution in [-0.4, -0.2) is 30.6 Å². The Bertz CT molecular complexity index is 428. The average molecular weight is 284 g/mol. The van der Waals surface area contributed by atoms with Crippen LogP contribution in [0.1, 0.15) is 37.8 Å². The molecule has 112 valence electrons. The Kier molecular flexibility index (Phi) is 5.31. The summed E-state index contributed by atoms with van der Waals surface area (Å²) in [5, 5.41) is 0. The van der Waals surface area contributed by atoms with Crippen molar-refractivity contribution in [1.29, 1.82) is 0 Å². The van der Waals surface area contributed by atoms with Crippen LogP contribution in [0.4, 0.5) is 8.78 Å². The van der Waals surface area contributed by atoms with Crippen molar-refractivity contribution in [2.24, 2.45) is 5.73 Å². The summed E-state index contributed by atoms with van der Waals surface area (Å²) in [6.45, 7) is 1.06. The molecular formula is C15H22F2N2O. The second-order valence-corrected chi connectivity index (χ2v) is 5.36. The molecular weight excluding hydrogens is 262 g/mol. The van der Waals surface area contributed by atoms with E-state index in [1.54, 1.807) is 24.3 Å². The van der Waals surface area contributed by atoms with Gasteiger partial charge in [0.05, 0.1) is 0 Å². The number of piperidine rings is 1. The average Bonchev–Trinajstić information content (AvgIpc) is 2.41. The molecule has 2 atom stereocenters. The maximum Gasteiger partial charge on any atom is 0.387 e. The maximum absolute atomic E-state index is 12.4. The Morgan fingerprint density at radius 3 is 2.80 bits per heavy atom. The molecule has 20 heavy (non-hydrogen) atoms. The molecule has 0 aromatic heterocycles. The minimum atomic E-state index is -2.82. The van der Waals surface area contributed by atoms with E-state index in [-0.39, 0.29) is 11.8 Å². The van der Waals surface area contributed by atoms with E-state index in [2.05, 4.69) is 16.6 Å². The number of hydrogen-bond donors (Lipinski definition) is 1. The molecule has 0 radical (unpaired) electrons. The number of hydrogen-bond acceptors (Lipinski definition) is 3. The zero-order valence-corrected chi connectivity index (χ0v) is 11.8. The minimum Gasteiger partial charge on any atom is -0.434 e. The van der Waals surface area contributed by atoms with Gasteiger partial charge in [0.2, 0.25) is 0 Å². The molecule has 1 fully saturated rings. The Morgan fingerprint density at radius 2 is 2.10 bits per heavy atom. The molecule has 3 nitrogen and oxygen atoms in total. The molecule has 0 spiro atoms. The van der Waals surface area contributed by atoms with Crippen LogP contribution in [0.25, 0.3) is 0 Å². The molecule has 1 aromatic carbocycles. The summed E-state index contributed by atoms with van der Waals surface area (Å²) >= 11 is 0. The molecule has 1 aromatic rings. The van der Waals surface area contributed by atoms with Gasteiger partial charge in [0.1, 0.15) is 5.75 Å². The van der Waals surface area contributed by atoms with Crippen molar-refractivity contribution in [3.8, 4) is 5.75 Å². The van der Waals surface area contributed by atoms with E-state index in [0.717, 1.165) is 6.54 Å². The van der Waals surface area contributed by atoms with Gasteiger partial charge in [-0.3, -0.25) is 4.90 Å². The SMILES string of the molecule is CC1CCCCN1CC(N)c1ccccc1OC(F)F. The summed E-state index contributed by atoms with van der Waals surface area (Å²) in [5.74, 6) is 0.180. The topological polar surface area (TPSA) is 38.5 Å². The first-order valence-corrected chi connectivity index (χ1v) is 7.11. The highest BCUT2D eigenvalue weighted by atomic mass is 19.3. The summed E-state index contributed by atoms with van der Waals surface area (Å²) in [5.41, 5.74) is 6.84. The molecule has 2 rings (SSSR count). The van der Waals surface area contributed by atoms with Crippen LogP contribution in [0, 0.1) is 0 Å². The minimum absolute atomic E-state index is 0.180. The van der Waals surface area contributed by atoms with Gasteiger partial charge in [-0.2, -0.15) is 8.78 Å². The van der Waals surface area contributed by atoms with Crippen LogP contribution >= 0.6 is 0 Å². The second kappa shape index (κ2) is 6.99. The summed E-state index contributed by atoms with van der Waals surface area (Å²) < 4.78 is 29.4. The van der Waals surface area contributed by atoms with Gasteiger partial charge in [0.25, 0.3) is 0 Å². The highest BCUT2D eigenvalue weighted by Crippen LogP contribution is 2.27. The second-order valence-electron chi connectivity index (χ2n) is 5.36. The van der Waals surface area contributed by atoms with Crippen molar-refractivity contribution in [3.05, 3.63) is 29.8 Å². The third kappa shape index (κ3) is 3.90. The lowest BCUT2D eigenvalue weighted by atomic mass is 10.0. The molecule has 0 bridgehead atoms. The molecule has 1 heterocycles. The Morgan fingerprint density at radius 1 is 1.35 bits per heavy atom. The number of nitrogens with two attached hydrogens (primary N) is 1. The van der Waals surface area contributed by atoms with E-state index in [4.69, 9.17) is 5.73 Å². The highest BCUT2D eigenvalue weighted by Gasteiger charge is 2.22. The molecule has 0 saturated carbocycles. The molecule has 1 aliphatic heterocycles. The lowest BCUT2D eigenvalue weighted by Crippen LogP contribution is -2.41. The number of likely N-dealkylation sites (tertiary alicyclic amines) is 1. The van der Waals surface area contributed by atoms with Gasteiger partial charge in [-0.1, -0.05) is 24.6 Å². The largest absolute Gasteiger partial charge is 0.434 e. The van der Waals surface area contributed by atoms with E-state index >= 15 is 0 Å². The van der Waals surface area contributed by atoms with Crippen LogP contribution in [0.2, 0.25) is 0 Å². The molecule has 2 unspecified atom stereocenters. The van der Waals surface area contributed by atoms with Crippen LogP contribution in [0.5, 0.6) is 5.75 Å². The van der Waals surface area contributed by atoms with E-state index in [1.165, 1.54) is 19.3 Å². The Labute approximate surface area is 118 Å². The zero-order chi connectivity index (χ0) is 14.5. The summed E-state index contributed by atoms with van der Waals surface area (Å²) in [4.78, 5) is 2.33. The number of nitrogens with zero attached hydrogens (tertiary/aromatic N) is 1. The van der Waals surface area contributed by atoms with Crippen LogP contribution in [0.15, 0.2) is 24.3 Å². The van der Waals surface area contributed by atoms with Crippen molar-refractivity contribution in [1.82, 2.24) is 4.90 Å². The fraction of sp³-hybridized carbons (Fsp3) is 0.600. The Hall–Kier alpha value is -1.20. The maximum atomic E-state index is 12.4. The van der Waals surface area contributed by atoms with Gasteiger partial charge in [0.15, 0.2) is 0 Å². The quantitative estimate of drug-likeness (QED) is 0.902. The Balaban J connectivity index is 2.06. The lowest BCUT2D eigenvalue weighted by molar-refractivity contribution is -0.0507. The predicted octanol–water partition coefficient (Wildman–Crippen LogP) is 3.16. The smallest absolute Gasteiger partial charge is 0.387 e. The van der Waals surface area contributed by atoms with E-state index < -0.39 is 6.61 Å². The van der Waals surface area contributed by atoms with Crippen LogP contribution in [0.3, 0.4) is 0 Å². The van der Waals surface area contributed by atoms with Crippen LogP contribution in [-0.2, 0) is 0 Å². The first kappa shape index (κ1) is 15.2. The monoisotopic (exact) mass is 284 g/mol. The van der Waals surface area contributed by atoms with E-state index in [0.29, 0.717) is 18.2 Å². The highest BCUT2D eigenvalue weighted by molar-refractivity contribution is 5.36. The number of alkyl halides is 2. The van der Waals surface area contributed by atoms with Gasteiger partial charge < -0.3 is 10.5 Å². The van der Waals surface area contributed by atoms with Gasteiger partial charge in [-0.05, 0) is 32.4 Å². The number of rotatable bonds is 5. The number of ether oxygens (including phenoxy) is 1. The zero-order valence-electron chi connectivity index (χ0n) is 11.8. The fourth-order valence-electron chi connectivity index (χ4n) is 2.77. The standard InChI is InChI=1S/C15H22F2N2O/c1-11-6-4-5-9-19(11)10-13(18)12-7-2-3-8-14(12)20-15(16)17/h2-3,7-8,11,13,15H,4-6,9-10,18H2,1H3. The van der Waals surface area contributed by atoms with Crippen molar-refractivity contribution in [2.75, 3.05) is 13.1 Å². The molecule has 1 saturated heterocycles. The van der Waals surface area contributed by atoms with Crippen molar-refractivity contribution >= 4 is 0 Å². The fourth-order valence-corrected chi connectivity index (χ4v) is 2.77. The van der Waals surface area contributed by atoms with Gasteiger partial charge >= 0.3 is 6.61 Å². The van der Waals surface area contributed by atoms with Gasteiger partial charge in [-0.25, -0.2) is 0 Å². The van der Waals surface area contributed by atoms with E-state index in [9.17, 15) is 8.78 Å². The van der Waals surface area contributed by atoms with Crippen LogP contribution < -0.4 is 10.5 Å². The third-order valence-electron chi connectivity index (χ3n) is 3.91. The molecule has 1 aliphatic rings. The van der Waals surface area contributed by atoms with E-state index in [1.807, 2.05) is 0 Å². The van der Waals surface area contributed by atoms with Gasteiger partial charge in [-0.15, -0.1) is 0 Å². The number of benzene rings is 1.